The molecule has 0 saturated heterocycles. The quantitative estimate of drug-likeness (QED) is 0.168. The molecule has 0 atom stereocenters. The van der Waals surface area contributed by atoms with Crippen molar-refractivity contribution in [2.75, 3.05) is 0 Å². The Labute approximate surface area is 306 Å². The van der Waals surface area contributed by atoms with E-state index in [2.05, 4.69) is 11.1 Å². The zero-order valence-corrected chi connectivity index (χ0v) is 27.7. The van der Waals surface area contributed by atoms with Gasteiger partial charge < -0.3 is 9.13 Å². The van der Waals surface area contributed by atoms with Gasteiger partial charge in [-0.15, -0.1) is 0 Å². The highest BCUT2D eigenvalue weighted by Crippen LogP contribution is 2.45. The van der Waals surface area contributed by atoms with Gasteiger partial charge in [0, 0.05) is 39.5 Å². The van der Waals surface area contributed by atoms with Crippen LogP contribution in [0, 0.1) is 11.3 Å². The molecule has 0 fully saturated rings. The minimum absolute atomic E-state index is 0.00826. The molecule has 5 aromatic carbocycles. The fraction of sp³-hybridized carbons (Fsp3) is 0.100. The number of hydrogen-bond donors (Lipinski definition) is 0. The van der Waals surface area contributed by atoms with Crippen LogP contribution in [0.1, 0.15) is 27.8 Å². The third kappa shape index (κ3) is 5.94. The first-order valence-corrected chi connectivity index (χ1v) is 16.2. The molecule has 0 amide bonds. The lowest BCUT2D eigenvalue weighted by Crippen LogP contribution is -2.07. The molecule has 0 spiro atoms. The molecule has 16 heteroatoms. The number of hydrogen-bond acceptors (Lipinski definition) is 2. The number of rotatable bonds is 3. The lowest BCUT2D eigenvalue weighted by molar-refractivity contribution is -0.138. The Hall–Kier alpha value is -6.50. The fourth-order valence-corrected chi connectivity index (χ4v) is 7.07. The zero-order chi connectivity index (χ0) is 40.1. The summed E-state index contributed by atoms with van der Waals surface area (Å²) in [5.41, 5.74) is -4.26. The molecule has 4 nitrogen and oxygen atoms in total. The summed E-state index contributed by atoms with van der Waals surface area (Å²) in [5.74, 6) is 0. The van der Waals surface area contributed by atoms with E-state index in [9.17, 15) is 57.9 Å². The second-order valence-corrected chi connectivity index (χ2v) is 12.8. The molecule has 56 heavy (non-hydrogen) atoms. The maximum atomic E-state index is 14.0. The van der Waals surface area contributed by atoms with E-state index in [-0.39, 0.29) is 66.1 Å². The number of nitriles is 1. The molecule has 0 aliphatic heterocycles. The van der Waals surface area contributed by atoms with Crippen molar-refractivity contribution < 1.29 is 52.7 Å². The Kier molecular flexibility index (Phi) is 7.98. The number of alkyl halides is 12. The third-order valence-corrected chi connectivity index (χ3v) is 9.55. The first-order valence-electron chi connectivity index (χ1n) is 16.2. The van der Waals surface area contributed by atoms with Crippen molar-refractivity contribution in [2.45, 2.75) is 24.7 Å². The van der Waals surface area contributed by atoms with Crippen LogP contribution in [0.15, 0.2) is 109 Å². The number of benzene rings is 5. The molecular weight excluding hydrogens is 764 g/mol. The summed E-state index contributed by atoms with van der Waals surface area (Å²) < 4.78 is 171. The van der Waals surface area contributed by atoms with E-state index in [1.165, 1.54) is 45.8 Å². The summed E-state index contributed by atoms with van der Waals surface area (Å²) in [6.07, 6.45) is -16.8. The highest BCUT2D eigenvalue weighted by molar-refractivity contribution is 6.12. The molecule has 0 aliphatic rings. The Morgan fingerprint density at radius 3 is 1.05 bits per heavy atom. The van der Waals surface area contributed by atoms with Crippen LogP contribution in [0.2, 0.25) is 0 Å². The van der Waals surface area contributed by atoms with Crippen LogP contribution in [0.5, 0.6) is 0 Å². The van der Waals surface area contributed by atoms with Crippen LogP contribution in [0.4, 0.5) is 52.7 Å². The molecule has 8 aromatic rings. The fourth-order valence-electron chi connectivity index (χ4n) is 7.07. The van der Waals surface area contributed by atoms with Crippen molar-refractivity contribution in [3.05, 3.63) is 137 Å². The molecule has 3 heterocycles. The minimum atomic E-state index is -4.90. The molecule has 0 bridgehead atoms. The smallest absolute Gasteiger partial charge is 0.307 e. The second kappa shape index (κ2) is 12.3. The summed E-state index contributed by atoms with van der Waals surface area (Å²) >= 11 is 0. The van der Waals surface area contributed by atoms with E-state index in [1.54, 1.807) is 0 Å². The molecule has 0 unspecified atom stereocenters. The normalized spacial score (nSPS) is 13.0. The lowest BCUT2D eigenvalue weighted by Gasteiger charge is -2.20. The predicted octanol–water partition coefficient (Wildman–Crippen LogP) is 12.9. The zero-order valence-electron chi connectivity index (χ0n) is 27.7. The van der Waals surface area contributed by atoms with Gasteiger partial charge in [-0.25, -0.2) is 0 Å². The Balaban J connectivity index is 1.57. The predicted molar refractivity (Wildman–Crippen MR) is 183 cm³/mol. The number of halogens is 12. The van der Waals surface area contributed by atoms with Crippen LogP contribution in [0.25, 0.3) is 66.1 Å². The van der Waals surface area contributed by atoms with E-state index in [1.807, 2.05) is 0 Å². The van der Waals surface area contributed by atoms with Crippen LogP contribution >= 0.6 is 0 Å². The third-order valence-electron chi connectivity index (χ3n) is 9.55. The average molecular weight is 783 g/mol. The largest absolute Gasteiger partial charge is 0.416 e. The number of fused-ring (bicyclic) bond motifs is 6. The number of pyridine rings is 1. The standard InChI is InChI=1S/C40H18F12N4/c41-37(42,43)22-1-5-31-27(14-22)28-15-23(38(44,45)46)2-6-32(28)55(31)35-13-21(19-53)26(20-9-11-54-12-10-20)18-36(35)56-33-7-3-24(39(47,48)49)16-29(33)30-17-25(40(50,51)52)4-8-34(30)56/h1-18H. The van der Waals surface area contributed by atoms with Gasteiger partial charge in [0.1, 0.15) is 0 Å². The van der Waals surface area contributed by atoms with Crippen molar-refractivity contribution in [1.29, 1.82) is 5.26 Å². The van der Waals surface area contributed by atoms with E-state index in [0.717, 1.165) is 48.5 Å². The van der Waals surface area contributed by atoms with E-state index in [0.29, 0.717) is 29.8 Å². The Morgan fingerprint density at radius 2 is 0.750 bits per heavy atom. The van der Waals surface area contributed by atoms with Crippen molar-refractivity contribution in [1.82, 2.24) is 14.1 Å². The van der Waals surface area contributed by atoms with Gasteiger partial charge in [-0.1, -0.05) is 0 Å². The van der Waals surface area contributed by atoms with Gasteiger partial charge in [-0.05, 0) is 103 Å². The number of aromatic nitrogens is 3. The van der Waals surface area contributed by atoms with Gasteiger partial charge in [-0.3, -0.25) is 4.98 Å². The molecule has 3 aromatic heterocycles. The summed E-state index contributed by atoms with van der Waals surface area (Å²) in [4.78, 5) is 3.98. The average Bonchev–Trinajstić information content (AvgIpc) is 3.64. The Morgan fingerprint density at radius 1 is 0.429 bits per heavy atom. The van der Waals surface area contributed by atoms with Gasteiger partial charge in [0.25, 0.3) is 0 Å². The van der Waals surface area contributed by atoms with E-state index in [4.69, 9.17) is 0 Å². The second-order valence-electron chi connectivity index (χ2n) is 12.8. The van der Waals surface area contributed by atoms with Crippen LogP contribution in [0.3, 0.4) is 0 Å². The molecular formula is C40H18F12N4. The molecule has 0 radical (unpaired) electrons. The van der Waals surface area contributed by atoms with Crippen LogP contribution in [-0.2, 0) is 24.7 Å². The molecule has 0 aliphatic carbocycles. The van der Waals surface area contributed by atoms with Gasteiger partial charge in [0.15, 0.2) is 0 Å². The maximum absolute atomic E-state index is 14.0. The highest BCUT2D eigenvalue weighted by atomic mass is 19.4. The molecule has 0 saturated carbocycles. The van der Waals surface area contributed by atoms with Gasteiger partial charge in [0.05, 0.1) is 67.3 Å². The van der Waals surface area contributed by atoms with Crippen molar-refractivity contribution >= 4 is 43.6 Å². The highest BCUT2D eigenvalue weighted by Gasteiger charge is 2.36. The van der Waals surface area contributed by atoms with E-state index < -0.39 is 47.0 Å². The summed E-state index contributed by atoms with van der Waals surface area (Å²) in [6.45, 7) is 0. The van der Waals surface area contributed by atoms with E-state index >= 15 is 0 Å². The summed E-state index contributed by atoms with van der Waals surface area (Å²) in [5, 5.41) is 9.42. The Bertz CT molecular complexity index is 2780. The summed E-state index contributed by atoms with van der Waals surface area (Å²) in [6, 6.07) is 17.7. The summed E-state index contributed by atoms with van der Waals surface area (Å²) in [7, 11) is 0. The monoisotopic (exact) mass is 782 g/mol. The maximum Gasteiger partial charge on any atom is 0.416 e. The van der Waals surface area contributed by atoms with Gasteiger partial charge >= 0.3 is 24.7 Å². The van der Waals surface area contributed by atoms with Gasteiger partial charge in [-0.2, -0.15) is 57.9 Å². The van der Waals surface area contributed by atoms with Crippen molar-refractivity contribution in [2.24, 2.45) is 0 Å². The van der Waals surface area contributed by atoms with Crippen molar-refractivity contribution in [3.63, 3.8) is 0 Å². The van der Waals surface area contributed by atoms with Gasteiger partial charge in [0.2, 0.25) is 0 Å². The first-order chi connectivity index (χ1) is 26.3. The minimum Gasteiger partial charge on any atom is -0.307 e. The topological polar surface area (TPSA) is 46.5 Å². The first kappa shape index (κ1) is 36.5. The van der Waals surface area contributed by atoms with Crippen LogP contribution < -0.4 is 0 Å². The molecule has 282 valence electrons. The van der Waals surface area contributed by atoms with Crippen molar-refractivity contribution in [3.8, 4) is 28.6 Å². The molecule has 0 N–H and O–H groups in total. The van der Waals surface area contributed by atoms with Crippen LogP contribution in [-0.4, -0.2) is 14.1 Å². The molecule has 8 rings (SSSR count). The number of nitrogens with zero attached hydrogens (tertiary/aromatic N) is 4. The SMILES string of the molecule is N#Cc1cc(-n2c3ccc(C(F)(F)F)cc3c3cc(C(F)(F)F)ccc32)c(-n2c3ccc(C(F)(F)F)cc3c3cc(C(F)(F)F)ccc32)cc1-c1ccncc1. The lowest BCUT2D eigenvalue weighted by atomic mass is 9.99.